The van der Waals surface area contributed by atoms with Crippen molar-refractivity contribution in [3.05, 3.63) is 100 Å². The molecule has 11 heteroatoms. The Bertz CT molecular complexity index is 1530. The number of hydrogen-bond donors (Lipinski definition) is 2. The first-order valence-electron chi connectivity index (χ1n) is 10.8. The normalized spacial score (nSPS) is 17.8. The third-order valence-electron chi connectivity index (χ3n) is 5.68. The lowest BCUT2D eigenvalue weighted by atomic mass is 10.0. The minimum Gasteiger partial charge on any atom is -0.459 e. The molecule has 0 aliphatic carbocycles. The van der Waals surface area contributed by atoms with Crippen molar-refractivity contribution < 1.29 is 12.8 Å². The van der Waals surface area contributed by atoms with Crippen LogP contribution < -0.4 is 14.9 Å². The van der Waals surface area contributed by atoms with Gasteiger partial charge in [0, 0.05) is 23.1 Å². The molecule has 2 aromatic carbocycles. The van der Waals surface area contributed by atoms with Crippen LogP contribution in [0.5, 0.6) is 0 Å². The van der Waals surface area contributed by atoms with Crippen LogP contribution in [0.2, 0.25) is 10.0 Å². The van der Waals surface area contributed by atoms with Crippen LogP contribution in [0.15, 0.2) is 83.4 Å². The van der Waals surface area contributed by atoms with E-state index in [0.29, 0.717) is 37.9 Å². The van der Waals surface area contributed by atoms with Gasteiger partial charge in [-0.25, -0.2) is 8.42 Å². The largest absolute Gasteiger partial charge is 0.459 e. The fraction of sp³-hybridized carbons (Fsp3) is 0.120. The maximum atomic E-state index is 11.6. The van der Waals surface area contributed by atoms with Crippen molar-refractivity contribution in [2.45, 2.75) is 12.1 Å². The summed E-state index contributed by atoms with van der Waals surface area (Å²) in [5.41, 5.74) is 2.68. The predicted octanol–water partition coefficient (Wildman–Crippen LogP) is 6.20. The Morgan fingerprint density at radius 1 is 1.03 bits per heavy atom. The molecule has 1 aliphatic heterocycles. The number of pyridine rings is 1. The molecule has 1 aliphatic rings. The van der Waals surface area contributed by atoms with Crippen LogP contribution in [0, 0.1) is 0 Å². The van der Waals surface area contributed by atoms with E-state index in [0.717, 1.165) is 17.6 Å². The van der Waals surface area contributed by atoms with E-state index >= 15 is 0 Å². The van der Waals surface area contributed by atoms with Gasteiger partial charge in [-0.15, -0.1) is 0 Å². The number of nitrogens with zero attached hydrogens (tertiary/aromatic N) is 2. The smallest absolute Gasteiger partial charge is 0.229 e. The zero-order chi connectivity index (χ0) is 25.4. The average molecular weight is 560 g/mol. The van der Waals surface area contributed by atoms with E-state index < -0.39 is 10.0 Å². The maximum absolute atomic E-state index is 11.6. The van der Waals surface area contributed by atoms with Crippen LogP contribution in [-0.4, -0.2) is 24.8 Å². The summed E-state index contributed by atoms with van der Waals surface area (Å²) >= 11 is 18.4. The van der Waals surface area contributed by atoms with Gasteiger partial charge in [0.25, 0.3) is 0 Å². The fourth-order valence-electron chi connectivity index (χ4n) is 4.18. The predicted molar refractivity (Wildman–Crippen MR) is 147 cm³/mol. The zero-order valence-electron chi connectivity index (χ0n) is 18.9. The van der Waals surface area contributed by atoms with Crippen molar-refractivity contribution in [1.29, 1.82) is 0 Å². The van der Waals surface area contributed by atoms with Crippen molar-refractivity contribution in [3.63, 3.8) is 0 Å². The molecule has 7 nitrogen and oxygen atoms in total. The van der Waals surface area contributed by atoms with E-state index in [-0.39, 0.29) is 12.1 Å². The molecule has 2 N–H and O–H groups in total. The fourth-order valence-corrected chi connectivity index (χ4v) is 5.48. The SMILES string of the molecule is CS(=O)(=O)Nc1ccc(N2C(=S)N[C@H](c3ccccn3)[C@H]2c2ccc(-c3cccc(Cl)c3Cl)o2)cc1. The van der Waals surface area contributed by atoms with Gasteiger partial charge >= 0.3 is 0 Å². The Kier molecular flexibility index (Phi) is 6.65. The molecule has 1 fully saturated rings. The highest BCUT2D eigenvalue weighted by Crippen LogP contribution is 2.44. The first kappa shape index (κ1) is 24.6. The van der Waals surface area contributed by atoms with Crippen LogP contribution in [0.4, 0.5) is 11.4 Å². The minimum atomic E-state index is -3.39. The summed E-state index contributed by atoms with van der Waals surface area (Å²) in [6.45, 7) is 0. The Morgan fingerprint density at radius 3 is 2.50 bits per heavy atom. The van der Waals surface area contributed by atoms with Crippen LogP contribution in [0.1, 0.15) is 23.5 Å². The van der Waals surface area contributed by atoms with Crippen molar-refractivity contribution in [2.75, 3.05) is 15.9 Å². The van der Waals surface area contributed by atoms with Gasteiger partial charge in [-0.1, -0.05) is 35.3 Å². The van der Waals surface area contributed by atoms with E-state index in [9.17, 15) is 8.42 Å². The van der Waals surface area contributed by atoms with Gasteiger partial charge in [0.1, 0.15) is 17.6 Å². The van der Waals surface area contributed by atoms with Crippen molar-refractivity contribution in [2.24, 2.45) is 0 Å². The highest BCUT2D eigenvalue weighted by atomic mass is 35.5. The first-order chi connectivity index (χ1) is 17.2. The van der Waals surface area contributed by atoms with Crippen LogP contribution in [0.25, 0.3) is 11.3 Å². The van der Waals surface area contributed by atoms with Crippen LogP contribution in [-0.2, 0) is 10.0 Å². The van der Waals surface area contributed by atoms with Gasteiger partial charge in [0.05, 0.1) is 28.0 Å². The summed E-state index contributed by atoms with van der Waals surface area (Å²) in [6.07, 6.45) is 2.83. The number of nitrogens with one attached hydrogen (secondary N) is 2. The molecule has 5 rings (SSSR count). The molecule has 1 saturated heterocycles. The van der Waals surface area contributed by atoms with E-state index in [4.69, 9.17) is 39.8 Å². The summed E-state index contributed by atoms with van der Waals surface area (Å²) in [4.78, 5) is 6.47. The van der Waals surface area contributed by atoms with E-state index in [1.54, 1.807) is 36.5 Å². The third kappa shape index (κ3) is 4.92. The number of hydrogen-bond acceptors (Lipinski definition) is 5. The van der Waals surface area contributed by atoms with E-state index in [1.165, 1.54) is 0 Å². The lowest BCUT2D eigenvalue weighted by Crippen LogP contribution is -2.29. The topological polar surface area (TPSA) is 87.5 Å². The second kappa shape index (κ2) is 9.74. The number of benzene rings is 2. The van der Waals surface area contributed by atoms with Crippen LogP contribution >= 0.6 is 35.4 Å². The number of rotatable bonds is 6. The summed E-state index contributed by atoms with van der Waals surface area (Å²) in [6, 6.07) is 21.1. The summed E-state index contributed by atoms with van der Waals surface area (Å²) in [5, 5.41) is 4.70. The Morgan fingerprint density at radius 2 is 1.81 bits per heavy atom. The number of aromatic nitrogens is 1. The Labute approximate surface area is 224 Å². The summed E-state index contributed by atoms with van der Waals surface area (Å²) in [5.74, 6) is 1.21. The molecule has 36 heavy (non-hydrogen) atoms. The Hall–Kier alpha value is -3.11. The third-order valence-corrected chi connectivity index (χ3v) is 7.42. The van der Waals surface area contributed by atoms with E-state index in [2.05, 4.69) is 15.0 Å². The van der Waals surface area contributed by atoms with Gasteiger partial charge in [-0.2, -0.15) is 0 Å². The Balaban J connectivity index is 1.57. The van der Waals surface area contributed by atoms with Crippen molar-refractivity contribution in [3.8, 4) is 11.3 Å². The van der Waals surface area contributed by atoms with Crippen molar-refractivity contribution in [1.82, 2.24) is 10.3 Å². The molecule has 0 radical (unpaired) electrons. The lowest BCUT2D eigenvalue weighted by Gasteiger charge is -2.26. The standard InChI is InChI=1S/C25H20Cl2N4O3S2/c1-36(32,33)30-15-8-10-16(11-9-15)31-24(23(29-25(31)35)19-7-2-3-14-28-19)21-13-12-20(34-21)17-5-4-6-18(26)22(17)27/h2-14,23-24,30H,1H3,(H,29,35)/t23-,24-/m1/s1. The van der Waals surface area contributed by atoms with Gasteiger partial charge in [-0.3, -0.25) is 9.71 Å². The number of thiocarbonyl (C=S) groups is 1. The number of sulfonamides is 1. The second-order valence-electron chi connectivity index (χ2n) is 8.22. The quantitative estimate of drug-likeness (QED) is 0.272. The van der Waals surface area contributed by atoms with Crippen LogP contribution in [0.3, 0.4) is 0 Å². The number of furan rings is 1. The highest BCUT2D eigenvalue weighted by molar-refractivity contribution is 7.92. The lowest BCUT2D eigenvalue weighted by molar-refractivity contribution is 0.439. The number of halogens is 2. The summed E-state index contributed by atoms with van der Waals surface area (Å²) < 4.78 is 32.0. The zero-order valence-corrected chi connectivity index (χ0v) is 22.0. The molecule has 2 aromatic heterocycles. The van der Waals surface area contributed by atoms with Gasteiger partial charge in [0.15, 0.2) is 5.11 Å². The molecule has 184 valence electrons. The average Bonchev–Trinajstić information content (AvgIpc) is 3.45. The highest BCUT2D eigenvalue weighted by Gasteiger charge is 2.42. The molecule has 2 atom stereocenters. The number of anilines is 2. The van der Waals surface area contributed by atoms with Crippen molar-refractivity contribution >= 4 is 61.9 Å². The monoisotopic (exact) mass is 558 g/mol. The molecule has 0 spiro atoms. The second-order valence-corrected chi connectivity index (χ2v) is 11.1. The molecule has 0 unspecified atom stereocenters. The molecule has 0 amide bonds. The molecule has 0 bridgehead atoms. The minimum absolute atomic E-state index is 0.304. The molecular formula is C25H20Cl2N4O3S2. The first-order valence-corrected chi connectivity index (χ1v) is 13.9. The summed E-state index contributed by atoms with van der Waals surface area (Å²) in [7, 11) is -3.39. The molecule has 3 heterocycles. The maximum Gasteiger partial charge on any atom is 0.229 e. The van der Waals surface area contributed by atoms with Gasteiger partial charge in [-0.05, 0) is 72.9 Å². The molecule has 4 aromatic rings. The molecule has 0 saturated carbocycles. The van der Waals surface area contributed by atoms with Gasteiger partial charge < -0.3 is 14.6 Å². The van der Waals surface area contributed by atoms with E-state index in [1.807, 2.05) is 47.4 Å². The molecular weight excluding hydrogens is 539 g/mol. The van der Waals surface area contributed by atoms with Gasteiger partial charge in [0.2, 0.25) is 10.0 Å².